The molecular formula is C20H16BrNO4. The van der Waals surface area contributed by atoms with Gasteiger partial charge in [0.2, 0.25) is 5.90 Å². The second-order valence-electron chi connectivity index (χ2n) is 5.31. The van der Waals surface area contributed by atoms with E-state index in [2.05, 4.69) is 20.9 Å². The average molecular weight is 414 g/mol. The number of rotatable bonds is 5. The van der Waals surface area contributed by atoms with Crippen molar-refractivity contribution in [1.82, 2.24) is 0 Å². The Kier molecular flexibility index (Phi) is 5.53. The van der Waals surface area contributed by atoms with Gasteiger partial charge in [0, 0.05) is 11.1 Å². The smallest absolute Gasteiger partial charge is 0.363 e. The van der Waals surface area contributed by atoms with Crippen molar-refractivity contribution < 1.29 is 19.0 Å². The lowest BCUT2D eigenvalue weighted by Gasteiger charge is -2.05. The van der Waals surface area contributed by atoms with Gasteiger partial charge in [-0.05, 0) is 46.3 Å². The quantitative estimate of drug-likeness (QED) is 0.539. The number of cyclic esters (lactones) is 1. The Balaban J connectivity index is 1.82. The molecule has 1 aliphatic rings. The average Bonchev–Trinajstić information content (AvgIpc) is 3.03. The maximum Gasteiger partial charge on any atom is 0.363 e. The molecular weight excluding hydrogens is 398 g/mol. The van der Waals surface area contributed by atoms with Crippen LogP contribution >= 0.6 is 15.9 Å². The SMILES string of the molecule is COc1ccc(C2=N/C(=C\C=C\c3ccccc3OC)C(=O)O2)cc1Br. The molecule has 0 saturated carbocycles. The molecule has 0 radical (unpaired) electrons. The van der Waals surface area contributed by atoms with Crippen LogP contribution in [0.5, 0.6) is 11.5 Å². The van der Waals surface area contributed by atoms with Gasteiger partial charge < -0.3 is 14.2 Å². The fourth-order valence-electron chi connectivity index (χ4n) is 2.39. The summed E-state index contributed by atoms with van der Waals surface area (Å²) in [7, 11) is 3.20. The summed E-state index contributed by atoms with van der Waals surface area (Å²) in [6.45, 7) is 0. The van der Waals surface area contributed by atoms with Gasteiger partial charge in [-0.3, -0.25) is 0 Å². The summed E-state index contributed by atoms with van der Waals surface area (Å²) in [5.74, 6) is 1.21. The summed E-state index contributed by atoms with van der Waals surface area (Å²) in [6.07, 6.45) is 5.20. The van der Waals surface area contributed by atoms with E-state index in [-0.39, 0.29) is 11.6 Å². The fraction of sp³-hybridized carbons (Fsp3) is 0.100. The number of hydrogen-bond acceptors (Lipinski definition) is 5. The molecule has 0 fully saturated rings. The van der Waals surface area contributed by atoms with E-state index in [1.807, 2.05) is 30.3 Å². The van der Waals surface area contributed by atoms with Crippen LogP contribution in [0.1, 0.15) is 11.1 Å². The van der Waals surface area contributed by atoms with Crippen molar-refractivity contribution in [1.29, 1.82) is 0 Å². The van der Waals surface area contributed by atoms with Crippen LogP contribution in [-0.2, 0) is 9.53 Å². The molecule has 1 aliphatic heterocycles. The van der Waals surface area contributed by atoms with Crippen molar-refractivity contribution in [2.75, 3.05) is 14.2 Å². The van der Waals surface area contributed by atoms with E-state index in [4.69, 9.17) is 14.2 Å². The van der Waals surface area contributed by atoms with Crippen molar-refractivity contribution in [2.24, 2.45) is 4.99 Å². The summed E-state index contributed by atoms with van der Waals surface area (Å²) in [4.78, 5) is 16.3. The number of para-hydroxylation sites is 1. The van der Waals surface area contributed by atoms with Crippen LogP contribution in [-0.4, -0.2) is 26.1 Å². The molecule has 2 aromatic rings. The van der Waals surface area contributed by atoms with E-state index in [1.54, 1.807) is 44.6 Å². The Hall–Kier alpha value is -2.86. The molecule has 0 spiro atoms. The Labute approximate surface area is 159 Å². The van der Waals surface area contributed by atoms with Gasteiger partial charge in [-0.1, -0.05) is 30.4 Å². The first-order chi connectivity index (χ1) is 12.6. The number of carbonyl (C=O) groups excluding carboxylic acids is 1. The van der Waals surface area contributed by atoms with Crippen molar-refractivity contribution >= 4 is 33.9 Å². The minimum atomic E-state index is -0.489. The number of allylic oxidation sites excluding steroid dienone is 2. The van der Waals surface area contributed by atoms with E-state index >= 15 is 0 Å². The molecule has 0 N–H and O–H groups in total. The van der Waals surface area contributed by atoms with Crippen LogP contribution in [0.2, 0.25) is 0 Å². The lowest BCUT2D eigenvalue weighted by atomic mass is 10.2. The molecule has 0 aliphatic carbocycles. The van der Waals surface area contributed by atoms with Gasteiger partial charge in [-0.15, -0.1) is 0 Å². The summed E-state index contributed by atoms with van der Waals surface area (Å²) in [5.41, 5.74) is 1.82. The van der Waals surface area contributed by atoms with Crippen molar-refractivity contribution in [3.63, 3.8) is 0 Å². The Morgan fingerprint density at radius 2 is 1.85 bits per heavy atom. The first-order valence-corrected chi connectivity index (χ1v) is 8.58. The van der Waals surface area contributed by atoms with Crippen LogP contribution in [0.3, 0.4) is 0 Å². The van der Waals surface area contributed by atoms with Crippen molar-refractivity contribution in [3.8, 4) is 11.5 Å². The number of methoxy groups -OCH3 is 2. The molecule has 6 heteroatoms. The molecule has 5 nitrogen and oxygen atoms in total. The zero-order chi connectivity index (χ0) is 18.5. The van der Waals surface area contributed by atoms with Crippen molar-refractivity contribution in [3.05, 3.63) is 75.9 Å². The highest BCUT2D eigenvalue weighted by atomic mass is 79.9. The third-order valence-electron chi connectivity index (χ3n) is 3.69. The van der Waals surface area contributed by atoms with Gasteiger partial charge in [-0.2, -0.15) is 0 Å². The molecule has 0 aromatic heterocycles. The van der Waals surface area contributed by atoms with Crippen LogP contribution < -0.4 is 9.47 Å². The highest BCUT2D eigenvalue weighted by Crippen LogP contribution is 2.27. The zero-order valence-electron chi connectivity index (χ0n) is 14.2. The maximum absolute atomic E-state index is 12.0. The number of benzene rings is 2. The zero-order valence-corrected chi connectivity index (χ0v) is 15.8. The molecule has 26 heavy (non-hydrogen) atoms. The maximum atomic E-state index is 12.0. The standard InChI is InChI=1S/C20H16BrNO4/c1-24-17-9-4-3-6-13(17)7-5-8-16-20(23)26-19(22-16)14-10-11-18(25-2)15(21)12-14/h3-12H,1-2H3/b7-5+,16-8-. The lowest BCUT2D eigenvalue weighted by molar-refractivity contribution is -0.130. The number of aliphatic imine (C=N–C) groups is 1. The molecule has 0 saturated heterocycles. The number of ether oxygens (including phenoxy) is 3. The third kappa shape index (κ3) is 3.86. The number of esters is 1. The number of nitrogens with zero attached hydrogens (tertiary/aromatic N) is 1. The minimum absolute atomic E-state index is 0.234. The van der Waals surface area contributed by atoms with E-state index in [9.17, 15) is 4.79 Å². The van der Waals surface area contributed by atoms with Crippen molar-refractivity contribution in [2.45, 2.75) is 0 Å². The summed E-state index contributed by atoms with van der Waals surface area (Å²) >= 11 is 3.41. The second-order valence-corrected chi connectivity index (χ2v) is 6.16. The minimum Gasteiger partial charge on any atom is -0.496 e. The van der Waals surface area contributed by atoms with Gasteiger partial charge in [-0.25, -0.2) is 9.79 Å². The summed E-state index contributed by atoms with van der Waals surface area (Å²) in [6, 6.07) is 12.9. The highest BCUT2D eigenvalue weighted by molar-refractivity contribution is 9.10. The molecule has 0 amide bonds. The first kappa shape index (κ1) is 17.9. The molecule has 0 bridgehead atoms. The first-order valence-electron chi connectivity index (χ1n) is 7.78. The van der Waals surface area contributed by atoms with Gasteiger partial charge in [0.05, 0.1) is 18.7 Å². The number of halogens is 1. The van der Waals surface area contributed by atoms with Crippen LogP contribution in [0, 0.1) is 0 Å². The van der Waals surface area contributed by atoms with E-state index < -0.39 is 5.97 Å². The van der Waals surface area contributed by atoms with Gasteiger partial charge in [0.15, 0.2) is 5.70 Å². The van der Waals surface area contributed by atoms with E-state index in [0.717, 1.165) is 15.8 Å². The van der Waals surface area contributed by atoms with Gasteiger partial charge in [0.1, 0.15) is 11.5 Å². The third-order valence-corrected chi connectivity index (χ3v) is 4.31. The topological polar surface area (TPSA) is 57.1 Å². The van der Waals surface area contributed by atoms with Crippen LogP contribution in [0.25, 0.3) is 6.08 Å². The van der Waals surface area contributed by atoms with Gasteiger partial charge >= 0.3 is 5.97 Å². The monoisotopic (exact) mass is 413 g/mol. The summed E-state index contributed by atoms with van der Waals surface area (Å²) in [5, 5.41) is 0. The predicted molar refractivity (Wildman–Crippen MR) is 103 cm³/mol. The largest absolute Gasteiger partial charge is 0.496 e. The fourth-order valence-corrected chi connectivity index (χ4v) is 2.93. The Bertz CT molecular complexity index is 931. The molecule has 0 unspecified atom stereocenters. The molecule has 132 valence electrons. The summed E-state index contributed by atoms with van der Waals surface area (Å²) < 4.78 is 16.5. The Morgan fingerprint density at radius 3 is 2.58 bits per heavy atom. The Morgan fingerprint density at radius 1 is 1.08 bits per heavy atom. The molecule has 2 aromatic carbocycles. The van der Waals surface area contributed by atoms with Gasteiger partial charge in [0.25, 0.3) is 0 Å². The van der Waals surface area contributed by atoms with Crippen LogP contribution in [0.4, 0.5) is 0 Å². The predicted octanol–water partition coefficient (Wildman–Crippen LogP) is 4.37. The number of carbonyl (C=O) groups is 1. The molecule has 0 atom stereocenters. The highest BCUT2D eigenvalue weighted by Gasteiger charge is 2.24. The molecule has 1 heterocycles. The second kappa shape index (κ2) is 8.01. The lowest BCUT2D eigenvalue weighted by Crippen LogP contribution is -2.05. The number of hydrogen-bond donors (Lipinski definition) is 0. The normalized spacial score (nSPS) is 15.3. The van der Waals surface area contributed by atoms with E-state index in [1.165, 1.54) is 0 Å². The van der Waals surface area contributed by atoms with E-state index in [0.29, 0.717) is 11.3 Å². The van der Waals surface area contributed by atoms with Crippen LogP contribution in [0.15, 0.2) is 69.8 Å². The molecule has 3 rings (SSSR count).